The van der Waals surface area contributed by atoms with Gasteiger partial charge in [-0.05, 0) is 55.4 Å². The van der Waals surface area contributed by atoms with E-state index < -0.39 is 5.82 Å². The summed E-state index contributed by atoms with van der Waals surface area (Å²) in [4.78, 5) is 16.9. The topological polar surface area (TPSA) is 59.4 Å². The van der Waals surface area contributed by atoms with Crippen LogP contribution in [0.5, 0.6) is 0 Å². The van der Waals surface area contributed by atoms with E-state index >= 15 is 0 Å². The Bertz CT molecular complexity index is 881. The van der Waals surface area contributed by atoms with Crippen LogP contribution < -0.4 is 5.32 Å². The van der Waals surface area contributed by atoms with E-state index in [9.17, 15) is 9.18 Å². The number of benzene rings is 2. The van der Waals surface area contributed by atoms with Gasteiger partial charge < -0.3 is 10.2 Å². The molecule has 7 heteroatoms. The Kier molecular flexibility index (Phi) is 7.76. The van der Waals surface area contributed by atoms with Crippen molar-refractivity contribution in [3.8, 4) is 6.07 Å². The van der Waals surface area contributed by atoms with Gasteiger partial charge in [0.1, 0.15) is 5.82 Å². The van der Waals surface area contributed by atoms with Crippen LogP contribution in [-0.2, 0) is 11.3 Å². The molecule has 1 aliphatic heterocycles. The average Bonchev–Trinajstić information content (AvgIpc) is 2.94. The molecule has 1 N–H and O–H groups in total. The number of carbonyl (C=O) groups excluding carboxylic acids is 1. The summed E-state index contributed by atoms with van der Waals surface area (Å²) in [5, 5.41) is 11.5. The first-order valence-electron chi connectivity index (χ1n) is 9.72. The molecule has 1 aliphatic rings. The summed E-state index contributed by atoms with van der Waals surface area (Å²) in [6.07, 6.45) is 1.38. The summed E-state index contributed by atoms with van der Waals surface area (Å²) in [5.74, 6) is -0.620. The lowest BCUT2D eigenvalue weighted by atomic mass is 10.1. The van der Waals surface area contributed by atoms with Gasteiger partial charge in [-0.1, -0.05) is 28.1 Å². The fourth-order valence-electron chi connectivity index (χ4n) is 3.41. The third kappa shape index (κ3) is 6.64. The van der Waals surface area contributed by atoms with Crippen LogP contribution in [0.4, 0.5) is 10.1 Å². The minimum absolute atomic E-state index is 0.176. The molecule has 0 aromatic heterocycles. The number of carbonyl (C=O) groups is 1. The van der Waals surface area contributed by atoms with E-state index in [4.69, 9.17) is 5.26 Å². The molecule has 0 aliphatic carbocycles. The minimum Gasteiger partial charge on any atom is -0.324 e. The minimum atomic E-state index is -0.444. The standard InChI is InChI=1S/C22H24BrFN4O/c23-19-6-7-21(20(24)14-19)26-22(29)8-11-27-9-1-10-28(13-12-27)16-18-4-2-17(15-25)3-5-18/h2-7,14H,1,8-13,16H2,(H,26,29). The molecule has 0 spiro atoms. The van der Waals surface area contributed by atoms with Crippen molar-refractivity contribution in [3.05, 3.63) is 63.9 Å². The summed E-state index contributed by atoms with van der Waals surface area (Å²) in [7, 11) is 0. The molecule has 3 rings (SSSR count). The monoisotopic (exact) mass is 458 g/mol. The van der Waals surface area contributed by atoms with Gasteiger partial charge in [-0.25, -0.2) is 4.39 Å². The van der Waals surface area contributed by atoms with Crippen LogP contribution in [0, 0.1) is 17.1 Å². The van der Waals surface area contributed by atoms with Crippen molar-refractivity contribution in [2.75, 3.05) is 38.0 Å². The molecular weight excluding hydrogens is 435 g/mol. The van der Waals surface area contributed by atoms with Crippen molar-refractivity contribution in [2.24, 2.45) is 0 Å². The summed E-state index contributed by atoms with van der Waals surface area (Å²) >= 11 is 3.21. The molecule has 152 valence electrons. The van der Waals surface area contributed by atoms with Crippen LogP contribution in [0.2, 0.25) is 0 Å². The molecule has 29 heavy (non-hydrogen) atoms. The predicted molar refractivity (Wildman–Crippen MR) is 115 cm³/mol. The van der Waals surface area contributed by atoms with Crippen molar-refractivity contribution in [3.63, 3.8) is 0 Å². The van der Waals surface area contributed by atoms with E-state index in [2.05, 4.69) is 37.1 Å². The number of rotatable bonds is 6. The highest BCUT2D eigenvalue weighted by atomic mass is 79.9. The summed E-state index contributed by atoms with van der Waals surface area (Å²) in [5.41, 5.74) is 2.09. The zero-order valence-electron chi connectivity index (χ0n) is 16.2. The van der Waals surface area contributed by atoms with E-state index in [-0.39, 0.29) is 11.6 Å². The van der Waals surface area contributed by atoms with E-state index in [1.807, 2.05) is 24.3 Å². The van der Waals surface area contributed by atoms with Gasteiger partial charge in [0.15, 0.2) is 0 Å². The van der Waals surface area contributed by atoms with Crippen LogP contribution in [-0.4, -0.2) is 48.4 Å². The maximum Gasteiger partial charge on any atom is 0.225 e. The number of nitrogens with one attached hydrogen (secondary N) is 1. The first kappa shape index (κ1) is 21.4. The average molecular weight is 459 g/mol. The van der Waals surface area contributed by atoms with Gasteiger partial charge in [0.05, 0.1) is 17.3 Å². The van der Waals surface area contributed by atoms with E-state index in [1.165, 1.54) is 11.6 Å². The highest BCUT2D eigenvalue weighted by Gasteiger charge is 2.16. The first-order chi connectivity index (χ1) is 14.0. The molecular formula is C22H24BrFN4O. The Morgan fingerprint density at radius 1 is 1.10 bits per heavy atom. The van der Waals surface area contributed by atoms with Crippen LogP contribution in [0.15, 0.2) is 46.9 Å². The van der Waals surface area contributed by atoms with Gasteiger partial charge in [-0.15, -0.1) is 0 Å². The van der Waals surface area contributed by atoms with Crippen molar-refractivity contribution in [2.45, 2.75) is 19.4 Å². The van der Waals surface area contributed by atoms with Crippen LogP contribution in [0.1, 0.15) is 24.0 Å². The number of nitrogens with zero attached hydrogens (tertiary/aromatic N) is 3. The molecule has 2 aromatic carbocycles. The van der Waals surface area contributed by atoms with E-state index in [0.717, 1.165) is 39.1 Å². The second-order valence-corrected chi connectivity index (χ2v) is 8.12. The molecule has 1 fully saturated rings. The van der Waals surface area contributed by atoms with Crippen molar-refractivity contribution < 1.29 is 9.18 Å². The molecule has 0 bridgehead atoms. The molecule has 0 atom stereocenters. The smallest absolute Gasteiger partial charge is 0.225 e. The van der Waals surface area contributed by atoms with Gasteiger partial charge in [0.25, 0.3) is 0 Å². The highest BCUT2D eigenvalue weighted by molar-refractivity contribution is 9.10. The molecule has 0 radical (unpaired) electrons. The largest absolute Gasteiger partial charge is 0.324 e. The lowest BCUT2D eigenvalue weighted by Crippen LogP contribution is -2.32. The third-order valence-corrected chi connectivity index (χ3v) is 5.52. The molecule has 0 unspecified atom stereocenters. The van der Waals surface area contributed by atoms with Gasteiger partial charge in [0.2, 0.25) is 5.91 Å². The molecule has 2 aromatic rings. The van der Waals surface area contributed by atoms with Crippen molar-refractivity contribution in [1.82, 2.24) is 9.80 Å². The number of hydrogen-bond acceptors (Lipinski definition) is 4. The van der Waals surface area contributed by atoms with Gasteiger partial charge in [-0.2, -0.15) is 5.26 Å². The SMILES string of the molecule is N#Cc1ccc(CN2CCCN(CCC(=O)Nc3ccc(Br)cc3F)CC2)cc1. The Balaban J connectivity index is 1.43. The van der Waals surface area contributed by atoms with E-state index in [1.54, 1.807) is 12.1 Å². The second-order valence-electron chi connectivity index (χ2n) is 7.20. The van der Waals surface area contributed by atoms with Gasteiger partial charge in [-0.3, -0.25) is 9.69 Å². The van der Waals surface area contributed by atoms with Crippen molar-refractivity contribution in [1.29, 1.82) is 5.26 Å². The Morgan fingerprint density at radius 3 is 2.55 bits per heavy atom. The summed E-state index contributed by atoms with van der Waals surface area (Å²) in [6.45, 7) is 5.31. The molecule has 5 nitrogen and oxygen atoms in total. The number of anilines is 1. The maximum absolute atomic E-state index is 13.8. The lowest BCUT2D eigenvalue weighted by Gasteiger charge is -2.21. The molecule has 1 heterocycles. The fourth-order valence-corrected chi connectivity index (χ4v) is 3.75. The maximum atomic E-state index is 13.8. The quantitative estimate of drug-likeness (QED) is 0.710. The Hall–Kier alpha value is -2.27. The number of amides is 1. The van der Waals surface area contributed by atoms with Gasteiger partial charge >= 0.3 is 0 Å². The molecule has 1 saturated heterocycles. The van der Waals surface area contributed by atoms with Crippen LogP contribution in [0.3, 0.4) is 0 Å². The number of nitriles is 1. The normalized spacial score (nSPS) is 15.5. The zero-order chi connectivity index (χ0) is 20.6. The lowest BCUT2D eigenvalue weighted by molar-refractivity contribution is -0.116. The predicted octanol–water partition coefficient (Wildman–Crippen LogP) is 4.00. The molecule has 0 saturated carbocycles. The van der Waals surface area contributed by atoms with Crippen LogP contribution >= 0.6 is 15.9 Å². The van der Waals surface area contributed by atoms with Crippen molar-refractivity contribution >= 4 is 27.5 Å². The zero-order valence-corrected chi connectivity index (χ0v) is 17.8. The number of halogens is 2. The summed E-state index contributed by atoms with van der Waals surface area (Å²) < 4.78 is 14.5. The summed E-state index contributed by atoms with van der Waals surface area (Å²) in [6, 6.07) is 14.5. The Labute approximate surface area is 179 Å². The second kappa shape index (κ2) is 10.5. The molecule has 1 amide bonds. The Morgan fingerprint density at radius 2 is 1.83 bits per heavy atom. The highest BCUT2D eigenvalue weighted by Crippen LogP contribution is 2.19. The third-order valence-electron chi connectivity index (χ3n) is 5.03. The number of hydrogen-bond donors (Lipinski definition) is 1. The van der Waals surface area contributed by atoms with Crippen LogP contribution in [0.25, 0.3) is 0 Å². The van der Waals surface area contributed by atoms with Gasteiger partial charge in [0, 0.05) is 37.1 Å². The first-order valence-corrected chi connectivity index (χ1v) is 10.5. The van der Waals surface area contributed by atoms with E-state index in [0.29, 0.717) is 23.0 Å². The fraction of sp³-hybridized carbons (Fsp3) is 0.364.